The van der Waals surface area contributed by atoms with Gasteiger partial charge in [0.25, 0.3) is 5.91 Å². The van der Waals surface area contributed by atoms with Crippen LogP contribution in [0.15, 0.2) is 30.9 Å². The SMILES string of the molecule is CC(C)Nc1cc(-c2cnn3cc(C#N)cnc23)ncc1C(=O)N[C@H]1CC[C@H](C(C)(C)O)CC1. The van der Waals surface area contributed by atoms with Crippen molar-refractivity contribution in [2.24, 2.45) is 5.92 Å². The number of carbonyl (C=O) groups excluding carboxylic acids is 1. The number of anilines is 1. The summed E-state index contributed by atoms with van der Waals surface area (Å²) in [5, 5.41) is 30.2. The number of hydrogen-bond donors (Lipinski definition) is 3. The minimum absolute atomic E-state index is 0.0795. The molecule has 0 spiro atoms. The van der Waals surface area contributed by atoms with Gasteiger partial charge in [0.1, 0.15) is 6.07 Å². The smallest absolute Gasteiger partial charge is 0.255 e. The first-order valence-corrected chi connectivity index (χ1v) is 11.7. The van der Waals surface area contributed by atoms with E-state index in [1.54, 1.807) is 23.1 Å². The monoisotopic (exact) mass is 461 g/mol. The van der Waals surface area contributed by atoms with Crippen molar-refractivity contribution in [3.63, 3.8) is 0 Å². The van der Waals surface area contributed by atoms with Crippen LogP contribution in [0.5, 0.6) is 0 Å². The maximum Gasteiger partial charge on any atom is 0.255 e. The fraction of sp³-hybridized carbons (Fsp3) is 0.480. The molecule has 0 aliphatic heterocycles. The Hall–Kier alpha value is -3.51. The Kier molecular flexibility index (Phi) is 6.53. The summed E-state index contributed by atoms with van der Waals surface area (Å²) < 4.78 is 1.55. The van der Waals surface area contributed by atoms with Crippen molar-refractivity contribution in [3.05, 3.63) is 42.0 Å². The Bertz CT molecular complexity index is 1230. The molecule has 4 rings (SSSR count). The van der Waals surface area contributed by atoms with E-state index in [4.69, 9.17) is 5.26 Å². The molecule has 0 aromatic carbocycles. The number of pyridine rings is 1. The molecule has 3 heterocycles. The highest BCUT2D eigenvalue weighted by Gasteiger charge is 2.32. The molecule has 0 atom stereocenters. The van der Waals surface area contributed by atoms with Gasteiger partial charge in [0.05, 0.1) is 46.1 Å². The van der Waals surface area contributed by atoms with E-state index in [0.29, 0.717) is 33.7 Å². The van der Waals surface area contributed by atoms with Crippen molar-refractivity contribution < 1.29 is 9.90 Å². The minimum Gasteiger partial charge on any atom is -0.390 e. The van der Waals surface area contributed by atoms with Crippen LogP contribution in [0.4, 0.5) is 5.69 Å². The predicted octanol–water partition coefficient (Wildman–Crippen LogP) is 3.54. The van der Waals surface area contributed by atoms with Crippen molar-refractivity contribution in [1.82, 2.24) is 24.9 Å². The minimum atomic E-state index is -0.688. The first-order valence-electron chi connectivity index (χ1n) is 11.7. The number of fused-ring (bicyclic) bond motifs is 1. The second-order valence-electron chi connectivity index (χ2n) is 9.87. The first kappa shape index (κ1) is 23.6. The van der Waals surface area contributed by atoms with Crippen molar-refractivity contribution in [2.75, 3.05) is 5.32 Å². The second kappa shape index (κ2) is 9.39. The van der Waals surface area contributed by atoms with Crippen LogP contribution in [0.3, 0.4) is 0 Å². The normalized spacial score (nSPS) is 18.6. The molecule has 1 aliphatic carbocycles. The molecule has 1 aliphatic rings. The average molecular weight is 462 g/mol. The van der Waals surface area contributed by atoms with E-state index >= 15 is 0 Å². The van der Waals surface area contributed by atoms with Gasteiger partial charge in [-0.25, -0.2) is 9.50 Å². The van der Waals surface area contributed by atoms with Gasteiger partial charge in [-0.3, -0.25) is 9.78 Å². The predicted molar refractivity (Wildman–Crippen MR) is 129 cm³/mol. The molecule has 0 unspecified atom stereocenters. The van der Waals surface area contributed by atoms with Crippen molar-refractivity contribution in [1.29, 1.82) is 5.26 Å². The van der Waals surface area contributed by atoms with Crippen LogP contribution in [-0.2, 0) is 0 Å². The Morgan fingerprint density at radius 3 is 2.59 bits per heavy atom. The Morgan fingerprint density at radius 1 is 1.21 bits per heavy atom. The van der Waals surface area contributed by atoms with Crippen molar-refractivity contribution in [2.45, 2.75) is 71.1 Å². The largest absolute Gasteiger partial charge is 0.390 e. The maximum absolute atomic E-state index is 13.2. The lowest BCUT2D eigenvalue weighted by molar-refractivity contribution is -0.00257. The number of rotatable bonds is 6. The zero-order chi connectivity index (χ0) is 24.5. The highest BCUT2D eigenvalue weighted by molar-refractivity contribution is 6.00. The third-order valence-electron chi connectivity index (χ3n) is 6.42. The van der Waals surface area contributed by atoms with E-state index < -0.39 is 5.60 Å². The fourth-order valence-corrected chi connectivity index (χ4v) is 4.53. The standard InChI is InChI=1S/C25H31N7O2/c1-15(2)30-22-9-21(19-13-29-32-14-16(10-26)11-28-23(19)32)27-12-20(22)24(33)31-18-7-5-17(6-8-18)25(3,4)34/h9,11-15,17-18,34H,5-8H2,1-4H3,(H,27,30)(H,31,33)/t17-,18-. The van der Waals surface area contributed by atoms with Crippen molar-refractivity contribution >= 4 is 17.2 Å². The highest BCUT2D eigenvalue weighted by atomic mass is 16.3. The summed E-state index contributed by atoms with van der Waals surface area (Å²) >= 11 is 0. The highest BCUT2D eigenvalue weighted by Crippen LogP contribution is 2.33. The number of amides is 1. The molecule has 0 bridgehead atoms. The number of aliphatic hydroxyl groups is 1. The lowest BCUT2D eigenvalue weighted by Gasteiger charge is -2.36. The Balaban J connectivity index is 1.57. The molecule has 0 radical (unpaired) electrons. The number of aromatic nitrogens is 4. The van der Waals surface area contributed by atoms with Gasteiger partial charge in [-0.15, -0.1) is 0 Å². The molecule has 3 aromatic heterocycles. The molecule has 9 heteroatoms. The first-order chi connectivity index (χ1) is 16.2. The molecule has 3 aromatic rings. The van der Waals surface area contributed by atoms with E-state index in [0.717, 1.165) is 25.7 Å². The van der Waals surface area contributed by atoms with Gasteiger partial charge in [-0.05, 0) is 65.4 Å². The van der Waals surface area contributed by atoms with E-state index in [1.807, 2.05) is 33.8 Å². The lowest BCUT2D eigenvalue weighted by atomic mass is 9.77. The summed E-state index contributed by atoms with van der Waals surface area (Å²) in [6.45, 7) is 7.74. The van der Waals surface area contributed by atoms with Crippen LogP contribution in [0.25, 0.3) is 16.9 Å². The summed E-state index contributed by atoms with van der Waals surface area (Å²) in [7, 11) is 0. The van der Waals surface area contributed by atoms with Gasteiger partial charge in [-0.2, -0.15) is 10.4 Å². The third-order valence-corrected chi connectivity index (χ3v) is 6.42. The average Bonchev–Trinajstić information content (AvgIpc) is 3.21. The number of nitrogens with zero attached hydrogens (tertiary/aromatic N) is 5. The quantitative estimate of drug-likeness (QED) is 0.512. The molecule has 9 nitrogen and oxygen atoms in total. The lowest BCUT2D eigenvalue weighted by Crippen LogP contribution is -2.42. The van der Waals surface area contributed by atoms with Gasteiger partial charge in [-0.1, -0.05) is 0 Å². The van der Waals surface area contributed by atoms with Gasteiger partial charge in [0.2, 0.25) is 0 Å². The van der Waals surface area contributed by atoms with E-state index in [1.165, 1.54) is 6.20 Å². The second-order valence-corrected chi connectivity index (χ2v) is 9.87. The van der Waals surface area contributed by atoms with E-state index in [2.05, 4.69) is 31.8 Å². The molecule has 34 heavy (non-hydrogen) atoms. The third kappa shape index (κ3) is 5.02. The van der Waals surface area contributed by atoms with Crippen LogP contribution in [0, 0.1) is 17.2 Å². The summed E-state index contributed by atoms with van der Waals surface area (Å²) in [5.74, 6) is 0.0917. The number of nitriles is 1. The zero-order valence-corrected chi connectivity index (χ0v) is 20.0. The summed E-state index contributed by atoms with van der Waals surface area (Å²) in [5.41, 5.74) is 2.84. The molecule has 1 fully saturated rings. The zero-order valence-electron chi connectivity index (χ0n) is 20.0. The molecular weight excluding hydrogens is 430 g/mol. The van der Waals surface area contributed by atoms with Gasteiger partial charge in [0, 0.05) is 24.5 Å². The summed E-state index contributed by atoms with van der Waals surface area (Å²) in [4.78, 5) is 22.1. The van der Waals surface area contributed by atoms with Crippen LogP contribution < -0.4 is 10.6 Å². The van der Waals surface area contributed by atoms with Gasteiger partial charge < -0.3 is 15.7 Å². The maximum atomic E-state index is 13.2. The molecule has 3 N–H and O–H groups in total. The molecule has 178 valence electrons. The van der Waals surface area contributed by atoms with Gasteiger partial charge in [0.15, 0.2) is 5.65 Å². The van der Waals surface area contributed by atoms with Crippen molar-refractivity contribution in [3.8, 4) is 17.3 Å². The van der Waals surface area contributed by atoms with Crippen LogP contribution in [0.1, 0.15) is 69.3 Å². The number of carbonyl (C=O) groups is 1. The van der Waals surface area contributed by atoms with E-state index in [-0.39, 0.29) is 23.9 Å². The topological polar surface area (TPSA) is 128 Å². The Labute approximate surface area is 199 Å². The number of nitrogens with one attached hydrogen (secondary N) is 2. The summed E-state index contributed by atoms with van der Waals surface area (Å²) in [6, 6.07) is 4.09. The molecular formula is C25H31N7O2. The fourth-order valence-electron chi connectivity index (χ4n) is 4.53. The van der Waals surface area contributed by atoms with Crippen LogP contribution in [0.2, 0.25) is 0 Å². The van der Waals surface area contributed by atoms with Gasteiger partial charge >= 0.3 is 0 Å². The molecule has 0 saturated heterocycles. The van der Waals surface area contributed by atoms with Crippen LogP contribution >= 0.6 is 0 Å². The molecule has 1 amide bonds. The Morgan fingerprint density at radius 2 is 1.94 bits per heavy atom. The molecule has 1 saturated carbocycles. The van der Waals surface area contributed by atoms with E-state index in [9.17, 15) is 9.90 Å². The summed E-state index contributed by atoms with van der Waals surface area (Å²) in [6.07, 6.45) is 9.83. The number of hydrogen-bond acceptors (Lipinski definition) is 7. The van der Waals surface area contributed by atoms with Crippen LogP contribution in [-0.4, -0.2) is 48.3 Å².